The molecule has 0 spiro atoms. The van der Waals surface area contributed by atoms with Crippen LogP contribution < -0.4 is 0 Å². The van der Waals surface area contributed by atoms with E-state index in [1.165, 1.54) is 5.56 Å². The molecule has 2 atom stereocenters. The molecule has 1 aliphatic rings. The first-order valence-corrected chi connectivity index (χ1v) is 8.88. The molecule has 1 heterocycles. The molecule has 2 unspecified atom stereocenters. The van der Waals surface area contributed by atoms with Crippen molar-refractivity contribution >= 4 is 29.3 Å². The Labute approximate surface area is 145 Å². The Balaban J connectivity index is 1.89. The van der Waals surface area contributed by atoms with E-state index in [-0.39, 0.29) is 5.37 Å². The van der Waals surface area contributed by atoms with Crippen molar-refractivity contribution in [1.29, 1.82) is 0 Å². The summed E-state index contributed by atoms with van der Waals surface area (Å²) in [6.07, 6.45) is 0. The van der Waals surface area contributed by atoms with Gasteiger partial charge >= 0.3 is 5.97 Å². The van der Waals surface area contributed by atoms with E-state index in [1.54, 1.807) is 11.8 Å². The molecule has 23 heavy (non-hydrogen) atoms. The number of rotatable bonds is 4. The number of aryl methyl sites for hydroxylation is 1. The lowest BCUT2D eigenvalue weighted by Gasteiger charge is -2.27. The second kappa shape index (κ2) is 6.95. The van der Waals surface area contributed by atoms with Gasteiger partial charge in [-0.05, 0) is 30.2 Å². The Kier molecular flexibility index (Phi) is 4.95. The third kappa shape index (κ3) is 3.71. The molecule has 0 radical (unpaired) electrons. The van der Waals surface area contributed by atoms with Crippen LogP contribution in [-0.4, -0.2) is 27.8 Å². The molecular formula is C18H18ClNO2S. The summed E-state index contributed by atoms with van der Waals surface area (Å²) in [5.41, 5.74) is 3.38. The van der Waals surface area contributed by atoms with E-state index in [4.69, 9.17) is 11.6 Å². The van der Waals surface area contributed by atoms with E-state index in [9.17, 15) is 9.90 Å². The maximum atomic E-state index is 11.6. The molecule has 0 bridgehead atoms. The zero-order valence-corrected chi connectivity index (χ0v) is 14.3. The Morgan fingerprint density at radius 3 is 2.70 bits per heavy atom. The largest absolute Gasteiger partial charge is 0.480 e. The van der Waals surface area contributed by atoms with Gasteiger partial charge in [-0.15, -0.1) is 11.8 Å². The van der Waals surface area contributed by atoms with E-state index in [0.29, 0.717) is 17.3 Å². The lowest BCUT2D eigenvalue weighted by Crippen LogP contribution is -2.38. The number of carbonyl (C=O) groups is 1. The second-order valence-electron chi connectivity index (χ2n) is 5.75. The molecule has 3 rings (SSSR count). The second-order valence-corrected chi connectivity index (χ2v) is 7.30. The van der Waals surface area contributed by atoms with Gasteiger partial charge in [-0.2, -0.15) is 0 Å². The number of carboxylic acid groups (broad SMARTS) is 1. The highest BCUT2D eigenvalue weighted by atomic mass is 35.5. The zero-order valence-electron chi connectivity index (χ0n) is 12.8. The first kappa shape index (κ1) is 16.4. The fraction of sp³-hybridized carbons (Fsp3) is 0.278. The number of nitrogens with zero attached hydrogens (tertiary/aromatic N) is 1. The average molecular weight is 348 g/mol. The first-order chi connectivity index (χ1) is 11.0. The molecule has 1 aliphatic heterocycles. The van der Waals surface area contributed by atoms with Crippen molar-refractivity contribution in [3.8, 4) is 0 Å². The number of halogens is 1. The highest BCUT2D eigenvalue weighted by molar-refractivity contribution is 7.99. The highest BCUT2D eigenvalue weighted by Gasteiger charge is 2.39. The third-order valence-corrected chi connectivity index (χ3v) is 5.62. The fourth-order valence-corrected chi connectivity index (χ4v) is 4.45. The standard InChI is InChI=1S/C18H18ClNO2S/c1-12-5-7-13(8-6-12)10-20-16(18(21)22)11-23-17(20)14-3-2-4-15(19)9-14/h2-9,16-17H,10-11H2,1H3,(H,21,22). The van der Waals surface area contributed by atoms with E-state index >= 15 is 0 Å². The van der Waals surface area contributed by atoms with Gasteiger partial charge in [0.1, 0.15) is 6.04 Å². The van der Waals surface area contributed by atoms with Gasteiger partial charge in [-0.1, -0.05) is 53.6 Å². The number of hydrogen-bond acceptors (Lipinski definition) is 3. The molecule has 2 aromatic rings. The van der Waals surface area contributed by atoms with Gasteiger partial charge in [0.05, 0.1) is 5.37 Å². The molecular weight excluding hydrogens is 330 g/mol. The Morgan fingerprint density at radius 1 is 1.30 bits per heavy atom. The number of aliphatic carboxylic acids is 1. The molecule has 0 aromatic heterocycles. The van der Waals surface area contributed by atoms with E-state index < -0.39 is 12.0 Å². The Hall–Kier alpha value is -1.49. The van der Waals surface area contributed by atoms with Crippen LogP contribution in [0.25, 0.3) is 0 Å². The highest BCUT2D eigenvalue weighted by Crippen LogP contribution is 2.42. The maximum Gasteiger partial charge on any atom is 0.321 e. The van der Waals surface area contributed by atoms with Gasteiger partial charge in [0.2, 0.25) is 0 Å². The predicted molar refractivity (Wildman–Crippen MR) is 94.8 cm³/mol. The van der Waals surface area contributed by atoms with Crippen molar-refractivity contribution in [2.75, 3.05) is 5.75 Å². The van der Waals surface area contributed by atoms with Crippen molar-refractivity contribution in [3.63, 3.8) is 0 Å². The summed E-state index contributed by atoms with van der Waals surface area (Å²) in [6.45, 7) is 2.66. The van der Waals surface area contributed by atoms with Crippen LogP contribution in [0, 0.1) is 6.92 Å². The topological polar surface area (TPSA) is 40.5 Å². The van der Waals surface area contributed by atoms with Crippen molar-refractivity contribution in [2.24, 2.45) is 0 Å². The van der Waals surface area contributed by atoms with Crippen LogP contribution in [0.1, 0.15) is 22.1 Å². The summed E-state index contributed by atoms with van der Waals surface area (Å²) >= 11 is 7.76. The third-order valence-electron chi connectivity index (χ3n) is 4.02. The first-order valence-electron chi connectivity index (χ1n) is 7.46. The molecule has 0 amide bonds. The van der Waals surface area contributed by atoms with Crippen LogP contribution in [0.4, 0.5) is 0 Å². The molecule has 0 saturated carbocycles. The molecule has 1 N–H and O–H groups in total. The van der Waals surface area contributed by atoms with Crippen LogP contribution in [0.5, 0.6) is 0 Å². The number of carboxylic acids is 1. The van der Waals surface area contributed by atoms with E-state index in [0.717, 1.165) is 11.1 Å². The summed E-state index contributed by atoms with van der Waals surface area (Å²) in [5, 5.41) is 10.2. The van der Waals surface area contributed by atoms with Gasteiger partial charge in [-0.3, -0.25) is 9.69 Å². The van der Waals surface area contributed by atoms with Gasteiger partial charge in [-0.25, -0.2) is 0 Å². The molecule has 0 aliphatic carbocycles. The van der Waals surface area contributed by atoms with Crippen LogP contribution in [0.3, 0.4) is 0 Å². The summed E-state index contributed by atoms with van der Waals surface area (Å²) in [7, 11) is 0. The van der Waals surface area contributed by atoms with Gasteiger partial charge < -0.3 is 5.11 Å². The minimum Gasteiger partial charge on any atom is -0.480 e. The predicted octanol–water partition coefficient (Wildman–Crippen LogP) is 4.35. The van der Waals surface area contributed by atoms with Crippen LogP contribution in [0.15, 0.2) is 48.5 Å². The van der Waals surface area contributed by atoms with Gasteiger partial charge in [0, 0.05) is 17.3 Å². The smallest absolute Gasteiger partial charge is 0.321 e. The quantitative estimate of drug-likeness (QED) is 0.892. The molecule has 120 valence electrons. The fourth-order valence-electron chi connectivity index (χ4n) is 2.80. The minimum atomic E-state index is -0.769. The zero-order chi connectivity index (χ0) is 16.4. The Morgan fingerprint density at radius 2 is 2.04 bits per heavy atom. The molecule has 3 nitrogen and oxygen atoms in total. The van der Waals surface area contributed by atoms with E-state index in [2.05, 4.69) is 24.3 Å². The number of thioether (sulfide) groups is 1. The summed E-state index contributed by atoms with van der Waals surface area (Å²) < 4.78 is 0. The summed E-state index contributed by atoms with van der Waals surface area (Å²) in [5.74, 6) is -0.188. The van der Waals surface area contributed by atoms with Crippen LogP contribution in [-0.2, 0) is 11.3 Å². The van der Waals surface area contributed by atoms with E-state index in [1.807, 2.05) is 36.1 Å². The van der Waals surface area contributed by atoms with Crippen LogP contribution in [0.2, 0.25) is 5.02 Å². The summed E-state index contributed by atoms with van der Waals surface area (Å²) in [6, 6.07) is 15.4. The molecule has 2 aromatic carbocycles. The molecule has 1 fully saturated rings. The monoisotopic (exact) mass is 347 g/mol. The average Bonchev–Trinajstić information content (AvgIpc) is 2.93. The Bertz CT molecular complexity index is 704. The lowest BCUT2D eigenvalue weighted by molar-refractivity contribution is -0.142. The maximum absolute atomic E-state index is 11.6. The van der Waals surface area contributed by atoms with Crippen molar-refractivity contribution in [2.45, 2.75) is 24.9 Å². The number of benzene rings is 2. The SMILES string of the molecule is Cc1ccc(CN2C(C(=O)O)CSC2c2cccc(Cl)c2)cc1. The van der Waals surface area contributed by atoms with Crippen molar-refractivity contribution < 1.29 is 9.90 Å². The minimum absolute atomic E-state index is 0.0103. The van der Waals surface area contributed by atoms with Crippen molar-refractivity contribution in [3.05, 3.63) is 70.2 Å². The number of hydrogen-bond donors (Lipinski definition) is 1. The van der Waals surface area contributed by atoms with Crippen LogP contribution >= 0.6 is 23.4 Å². The molecule has 5 heteroatoms. The normalized spacial score (nSPS) is 21.5. The molecule has 1 saturated heterocycles. The summed E-state index contributed by atoms with van der Waals surface area (Å²) in [4.78, 5) is 13.7. The van der Waals surface area contributed by atoms with Gasteiger partial charge in [0.15, 0.2) is 0 Å². The van der Waals surface area contributed by atoms with Crippen molar-refractivity contribution in [1.82, 2.24) is 4.90 Å². The lowest BCUT2D eigenvalue weighted by atomic mass is 10.1. The van der Waals surface area contributed by atoms with Gasteiger partial charge in [0.25, 0.3) is 0 Å².